The van der Waals surface area contributed by atoms with Crippen LogP contribution >= 0.6 is 23.2 Å². The lowest BCUT2D eigenvalue weighted by molar-refractivity contribution is -0.153. The van der Waals surface area contributed by atoms with Gasteiger partial charge in [-0.1, -0.05) is 44.0 Å². The van der Waals surface area contributed by atoms with Crippen LogP contribution < -0.4 is 0 Å². The minimum absolute atomic E-state index is 0.0739. The fraction of sp³-hybridized carbons (Fsp3) is 0.412. The monoisotopic (exact) mass is 385 g/mol. The molecule has 1 aliphatic heterocycles. The molecule has 2 amide bonds. The predicted octanol–water partition coefficient (Wildman–Crippen LogP) is 3.14. The number of halogens is 2. The largest absolute Gasteiger partial charge is 0.456 e. The summed E-state index contributed by atoms with van der Waals surface area (Å²) in [6.07, 6.45) is 0. The van der Waals surface area contributed by atoms with Gasteiger partial charge in [0.1, 0.15) is 6.04 Å². The van der Waals surface area contributed by atoms with Crippen LogP contribution in [0.4, 0.5) is 0 Å². The van der Waals surface area contributed by atoms with Crippen molar-refractivity contribution in [3.05, 3.63) is 33.3 Å². The number of carbonyl (C=O) groups excluding carboxylic acids is 4. The van der Waals surface area contributed by atoms with Crippen molar-refractivity contribution >= 4 is 46.8 Å². The fourth-order valence-electron chi connectivity index (χ4n) is 2.18. The maximum absolute atomic E-state index is 12.4. The highest BCUT2D eigenvalue weighted by atomic mass is 35.5. The predicted molar refractivity (Wildman–Crippen MR) is 91.8 cm³/mol. The van der Waals surface area contributed by atoms with Crippen LogP contribution in [-0.4, -0.2) is 41.1 Å². The van der Waals surface area contributed by atoms with Gasteiger partial charge in [-0.05, 0) is 19.1 Å². The molecular formula is C17H17Cl2NO5. The summed E-state index contributed by atoms with van der Waals surface area (Å²) in [7, 11) is 0. The summed E-state index contributed by atoms with van der Waals surface area (Å²) in [6.45, 7) is 6.03. The van der Waals surface area contributed by atoms with E-state index in [-0.39, 0.29) is 27.0 Å². The van der Waals surface area contributed by atoms with E-state index in [0.717, 1.165) is 4.90 Å². The molecule has 134 valence electrons. The third kappa shape index (κ3) is 3.70. The van der Waals surface area contributed by atoms with Crippen LogP contribution in [0.25, 0.3) is 0 Å². The van der Waals surface area contributed by atoms with Gasteiger partial charge in [0.2, 0.25) is 0 Å². The maximum Gasteiger partial charge on any atom is 0.329 e. The van der Waals surface area contributed by atoms with E-state index in [4.69, 9.17) is 27.9 Å². The molecule has 0 aromatic heterocycles. The highest BCUT2D eigenvalue weighted by Crippen LogP contribution is 2.32. The Balaban J connectivity index is 2.16. The molecule has 0 saturated carbocycles. The lowest BCUT2D eigenvalue weighted by Gasteiger charge is -2.22. The molecule has 0 saturated heterocycles. The number of hydrogen-bond donors (Lipinski definition) is 0. The van der Waals surface area contributed by atoms with E-state index in [0.29, 0.717) is 0 Å². The number of esters is 1. The molecule has 0 fully saturated rings. The Morgan fingerprint density at radius 1 is 1.08 bits per heavy atom. The number of Topliss-reactive ketones (excluding diaryl/α,β-unsaturated/α-hetero) is 1. The van der Waals surface area contributed by atoms with E-state index in [1.807, 2.05) is 0 Å². The van der Waals surface area contributed by atoms with Crippen molar-refractivity contribution in [2.45, 2.75) is 33.7 Å². The summed E-state index contributed by atoms with van der Waals surface area (Å²) in [5.41, 5.74) is -0.512. The average molecular weight is 386 g/mol. The van der Waals surface area contributed by atoms with Gasteiger partial charge in [0.05, 0.1) is 21.2 Å². The molecule has 0 N–H and O–H groups in total. The number of fused-ring (bicyclic) bond motifs is 1. The third-order valence-corrected chi connectivity index (χ3v) is 4.59. The zero-order valence-electron chi connectivity index (χ0n) is 14.2. The first-order valence-corrected chi connectivity index (χ1v) is 8.27. The normalized spacial score (nSPS) is 15.2. The number of rotatable bonds is 4. The molecule has 8 heteroatoms. The zero-order valence-corrected chi connectivity index (χ0v) is 15.7. The summed E-state index contributed by atoms with van der Waals surface area (Å²) in [5, 5.41) is 0.267. The SMILES string of the molecule is C[C@@H](C(=O)OCC(=O)C(C)(C)C)N1C(=O)c2cc(Cl)c(Cl)cc2C1=O. The second-order valence-corrected chi connectivity index (χ2v) is 7.56. The van der Waals surface area contributed by atoms with E-state index in [1.165, 1.54) is 19.1 Å². The van der Waals surface area contributed by atoms with E-state index in [1.54, 1.807) is 20.8 Å². The molecule has 0 unspecified atom stereocenters. The van der Waals surface area contributed by atoms with Crippen molar-refractivity contribution in [3.8, 4) is 0 Å². The van der Waals surface area contributed by atoms with Gasteiger partial charge in [0.15, 0.2) is 12.4 Å². The first-order valence-electron chi connectivity index (χ1n) is 7.52. The molecule has 0 bridgehead atoms. The third-order valence-electron chi connectivity index (χ3n) is 3.87. The Morgan fingerprint density at radius 2 is 1.52 bits per heavy atom. The molecule has 0 aliphatic carbocycles. The molecular weight excluding hydrogens is 369 g/mol. The van der Waals surface area contributed by atoms with Crippen molar-refractivity contribution < 1.29 is 23.9 Å². The number of benzene rings is 1. The van der Waals surface area contributed by atoms with Gasteiger partial charge in [-0.3, -0.25) is 19.3 Å². The Labute approximate surface area is 155 Å². The minimum atomic E-state index is -1.18. The van der Waals surface area contributed by atoms with Crippen LogP contribution in [0, 0.1) is 5.41 Å². The second-order valence-electron chi connectivity index (χ2n) is 6.75. The summed E-state index contributed by atoms with van der Waals surface area (Å²) in [4.78, 5) is 49.7. The summed E-state index contributed by atoms with van der Waals surface area (Å²) < 4.78 is 4.96. The Morgan fingerprint density at radius 3 is 1.92 bits per heavy atom. The van der Waals surface area contributed by atoms with Crippen LogP contribution in [0.15, 0.2) is 12.1 Å². The van der Waals surface area contributed by atoms with Gasteiger partial charge in [-0.25, -0.2) is 4.79 Å². The van der Waals surface area contributed by atoms with Gasteiger partial charge in [0.25, 0.3) is 11.8 Å². The Hall–Kier alpha value is -1.92. The molecule has 0 spiro atoms. The lowest BCUT2D eigenvalue weighted by Crippen LogP contribution is -2.44. The van der Waals surface area contributed by atoms with E-state index >= 15 is 0 Å². The zero-order chi connectivity index (χ0) is 19.1. The van der Waals surface area contributed by atoms with Crippen LogP contribution in [0.5, 0.6) is 0 Å². The van der Waals surface area contributed by atoms with Gasteiger partial charge >= 0.3 is 5.97 Å². The number of imide groups is 1. The van der Waals surface area contributed by atoms with E-state index in [9.17, 15) is 19.2 Å². The van der Waals surface area contributed by atoms with Crippen molar-refractivity contribution in [1.29, 1.82) is 0 Å². The highest BCUT2D eigenvalue weighted by Gasteiger charge is 2.42. The quantitative estimate of drug-likeness (QED) is 0.587. The van der Waals surface area contributed by atoms with Crippen LogP contribution in [0.1, 0.15) is 48.4 Å². The average Bonchev–Trinajstić information content (AvgIpc) is 2.74. The first kappa shape index (κ1) is 19.4. The number of ketones is 1. The van der Waals surface area contributed by atoms with Crippen LogP contribution in [0.3, 0.4) is 0 Å². The van der Waals surface area contributed by atoms with Crippen molar-refractivity contribution in [3.63, 3.8) is 0 Å². The number of carbonyl (C=O) groups is 4. The molecule has 25 heavy (non-hydrogen) atoms. The molecule has 1 heterocycles. The van der Waals surface area contributed by atoms with Crippen molar-refractivity contribution in [2.75, 3.05) is 6.61 Å². The second kappa shape index (κ2) is 6.77. The van der Waals surface area contributed by atoms with Crippen LogP contribution in [-0.2, 0) is 14.3 Å². The Kier molecular flexibility index (Phi) is 5.25. The van der Waals surface area contributed by atoms with Gasteiger partial charge in [-0.15, -0.1) is 0 Å². The van der Waals surface area contributed by atoms with Crippen LogP contribution in [0.2, 0.25) is 10.0 Å². The standard InChI is InChI=1S/C17H17Cl2NO5/c1-8(16(24)25-7-13(21)17(2,3)4)20-14(22)9-5-11(18)12(19)6-10(9)15(20)23/h5-6,8H,7H2,1-4H3/t8-/m0/s1. The smallest absolute Gasteiger partial charge is 0.329 e. The molecule has 0 radical (unpaired) electrons. The number of amides is 2. The van der Waals surface area contributed by atoms with Crippen molar-refractivity contribution in [1.82, 2.24) is 4.90 Å². The summed E-state index contributed by atoms with van der Waals surface area (Å²) >= 11 is 11.8. The van der Waals surface area contributed by atoms with Crippen molar-refractivity contribution in [2.24, 2.45) is 5.41 Å². The number of ether oxygens (including phenoxy) is 1. The molecule has 1 aromatic carbocycles. The maximum atomic E-state index is 12.4. The molecule has 2 rings (SSSR count). The minimum Gasteiger partial charge on any atom is -0.456 e. The fourth-order valence-corrected chi connectivity index (χ4v) is 2.51. The Bertz CT molecular complexity index is 741. The molecule has 1 aliphatic rings. The lowest BCUT2D eigenvalue weighted by atomic mass is 9.91. The first-order chi connectivity index (χ1) is 11.4. The summed E-state index contributed by atoms with van der Waals surface area (Å²) in [5.74, 6) is -2.44. The highest BCUT2D eigenvalue weighted by molar-refractivity contribution is 6.43. The number of nitrogens with zero attached hydrogens (tertiary/aromatic N) is 1. The van der Waals surface area contributed by atoms with Gasteiger partial charge < -0.3 is 4.74 Å². The topological polar surface area (TPSA) is 80.8 Å². The van der Waals surface area contributed by atoms with Gasteiger partial charge in [0, 0.05) is 5.41 Å². The molecule has 1 aromatic rings. The molecule has 6 nitrogen and oxygen atoms in total. The van der Waals surface area contributed by atoms with E-state index in [2.05, 4.69) is 0 Å². The van der Waals surface area contributed by atoms with Gasteiger partial charge in [-0.2, -0.15) is 0 Å². The summed E-state index contributed by atoms with van der Waals surface area (Å²) in [6, 6.07) is 1.40. The van der Waals surface area contributed by atoms with E-state index < -0.39 is 35.8 Å². The number of hydrogen-bond acceptors (Lipinski definition) is 5. The molecule has 1 atom stereocenters.